The highest BCUT2D eigenvalue weighted by molar-refractivity contribution is 7.46. The summed E-state index contributed by atoms with van der Waals surface area (Å²) in [6.07, 6.45) is 1.77. The van der Waals surface area contributed by atoms with E-state index in [1.54, 1.807) is 12.1 Å². The second kappa shape index (κ2) is 5.37. The maximum absolute atomic E-state index is 12.1. The van der Waals surface area contributed by atoms with Gasteiger partial charge in [-0.2, -0.15) is 0 Å². The van der Waals surface area contributed by atoms with Gasteiger partial charge in [0.05, 0.1) is 5.57 Å². The highest BCUT2D eigenvalue weighted by atomic mass is 32.1. The number of phosphoric ester groups is 1. The number of thiophene rings is 1. The fraction of sp³-hybridized carbons (Fsp3) is 0.0714. The molecule has 6 nitrogen and oxygen atoms in total. The van der Waals surface area contributed by atoms with Crippen molar-refractivity contribution in [3.8, 4) is 5.75 Å². The van der Waals surface area contributed by atoms with E-state index in [0.29, 0.717) is 16.8 Å². The number of aryl methyl sites for hydroxylation is 1. The smallest absolute Gasteiger partial charge is 0.404 e. The molecule has 0 bridgehead atoms. The molecule has 0 spiro atoms. The highest BCUT2D eigenvalue weighted by Gasteiger charge is 2.26. The molecule has 2 aromatic rings. The van der Waals surface area contributed by atoms with Crippen molar-refractivity contribution in [1.82, 2.24) is 0 Å². The van der Waals surface area contributed by atoms with Crippen molar-refractivity contribution < 1.29 is 23.7 Å². The molecule has 1 amide bonds. The number of carbonyl (C=O) groups excluding carboxylic acids is 1. The lowest BCUT2D eigenvalue weighted by atomic mass is 10.1. The lowest BCUT2D eigenvalue weighted by molar-refractivity contribution is -0.110. The molecule has 1 aromatic heterocycles. The predicted octanol–water partition coefficient (Wildman–Crippen LogP) is 3.02. The Morgan fingerprint density at radius 1 is 1.32 bits per heavy atom. The minimum absolute atomic E-state index is 0.0115. The van der Waals surface area contributed by atoms with Crippen molar-refractivity contribution in [2.75, 3.05) is 5.32 Å². The first-order valence-corrected chi connectivity index (χ1v) is 8.71. The maximum atomic E-state index is 12.1. The van der Waals surface area contributed by atoms with Crippen LogP contribution < -0.4 is 9.84 Å². The number of nitrogens with one attached hydrogen (secondary N) is 1. The number of amides is 1. The average Bonchev–Trinajstić information content (AvgIpc) is 2.94. The van der Waals surface area contributed by atoms with Crippen LogP contribution in [0.25, 0.3) is 11.6 Å². The maximum Gasteiger partial charge on any atom is 0.524 e. The summed E-state index contributed by atoms with van der Waals surface area (Å²) in [5, 5.41) is 4.65. The van der Waals surface area contributed by atoms with Crippen molar-refractivity contribution in [2.45, 2.75) is 6.92 Å². The number of phosphoric acid groups is 1. The first-order valence-electron chi connectivity index (χ1n) is 6.30. The Labute approximate surface area is 130 Å². The van der Waals surface area contributed by atoms with Gasteiger partial charge >= 0.3 is 7.82 Å². The Hall–Kier alpha value is -1.92. The molecule has 8 heteroatoms. The van der Waals surface area contributed by atoms with Crippen molar-refractivity contribution in [1.29, 1.82) is 0 Å². The van der Waals surface area contributed by atoms with Gasteiger partial charge in [-0.1, -0.05) is 0 Å². The minimum atomic E-state index is -4.63. The van der Waals surface area contributed by atoms with Crippen molar-refractivity contribution >= 4 is 42.4 Å². The van der Waals surface area contributed by atoms with Crippen LogP contribution in [0.4, 0.5) is 5.69 Å². The summed E-state index contributed by atoms with van der Waals surface area (Å²) in [4.78, 5) is 30.8. The van der Waals surface area contributed by atoms with E-state index in [-0.39, 0.29) is 11.7 Å². The second-order valence-electron chi connectivity index (χ2n) is 4.77. The number of fused-ring (bicyclic) bond motifs is 1. The van der Waals surface area contributed by atoms with Gasteiger partial charge in [0.25, 0.3) is 5.91 Å². The third-order valence-electron chi connectivity index (χ3n) is 3.18. The summed E-state index contributed by atoms with van der Waals surface area (Å²) in [5.74, 6) is -0.242. The van der Waals surface area contributed by atoms with Crippen molar-refractivity contribution in [3.05, 3.63) is 45.6 Å². The molecule has 0 unspecified atom stereocenters. The predicted molar refractivity (Wildman–Crippen MR) is 84.7 cm³/mol. The van der Waals surface area contributed by atoms with Crippen LogP contribution in [0.3, 0.4) is 0 Å². The molecule has 3 rings (SSSR count). The Bertz CT molecular complexity index is 836. The van der Waals surface area contributed by atoms with Gasteiger partial charge in [-0.25, -0.2) is 4.57 Å². The Morgan fingerprint density at radius 3 is 2.73 bits per heavy atom. The van der Waals surface area contributed by atoms with E-state index in [1.807, 2.05) is 18.4 Å². The zero-order valence-electron chi connectivity index (χ0n) is 11.4. The molecule has 0 fully saturated rings. The van der Waals surface area contributed by atoms with Crippen LogP contribution in [0.15, 0.2) is 29.6 Å². The standard InChI is InChI=1S/C14H12NO5PS/c1-8-4-5-22-13(8)7-11-10-6-9(20-21(17,18)19)2-3-12(10)15-14(11)16/h2-7H,1H3,(H,15,16)(H2,17,18,19). The summed E-state index contributed by atoms with van der Waals surface area (Å²) < 4.78 is 15.5. The summed E-state index contributed by atoms with van der Waals surface area (Å²) in [6, 6.07) is 6.36. The molecular formula is C14H12NO5PS. The van der Waals surface area contributed by atoms with Gasteiger partial charge in [0, 0.05) is 16.1 Å². The van der Waals surface area contributed by atoms with Gasteiger partial charge in [-0.05, 0) is 48.2 Å². The number of hydrogen-bond donors (Lipinski definition) is 3. The molecule has 1 aromatic carbocycles. The van der Waals surface area contributed by atoms with Crippen molar-refractivity contribution in [3.63, 3.8) is 0 Å². The normalized spacial score (nSPS) is 15.8. The topological polar surface area (TPSA) is 95.9 Å². The summed E-state index contributed by atoms with van der Waals surface area (Å²) in [7, 11) is -4.63. The first-order chi connectivity index (χ1) is 10.3. The van der Waals surface area contributed by atoms with E-state index >= 15 is 0 Å². The molecule has 3 N–H and O–H groups in total. The van der Waals surface area contributed by atoms with Crippen LogP contribution in [-0.2, 0) is 9.36 Å². The molecule has 0 atom stereocenters. The fourth-order valence-electron chi connectivity index (χ4n) is 2.17. The average molecular weight is 337 g/mol. The van der Waals surface area contributed by atoms with E-state index in [4.69, 9.17) is 9.79 Å². The zero-order valence-corrected chi connectivity index (χ0v) is 13.1. The third-order valence-corrected chi connectivity index (χ3v) is 4.59. The van der Waals surface area contributed by atoms with E-state index in [1.165, 1.54) is 23.5 Å². The molecule has 0 saturated heterocycles. The van der Waals surface area contributed by atoms with Crippen LogP contribution in [0, 0.1) is 6.92 Å². The lowest BCUT2D eigenvalue weighted by Gasteiger charge is -2.08. The minimum Gasteiger partial charge on any atom is -0.404 e. The van der Waals surface area contributed by atoms with Crippen molar-refractivity contribution in [2.24, 2.45) is 0 Å². The van der Waals surface area contributed by atoms with Gasteiger partial charge in [0.1, 0.15) is 5.75 Å². The van der Waals surface area contributed by atoms with Crippen LogP contribution in [0.5, 0.6) is 5.75 Å². The molecular weight excluding hydrogens is 325 g/mol. The molecule has 0 radical (unpaired) electrons. The largest absolute Gasteiger partial charge is 0.524 e. The monoisotopic (exact) mass is 337 g/mol. The van der Waals surface area contributed by atoms with Gasteiger partial charge < -0.3 is 9.84 Å². The zero-order chi connectivity index (χ0) is 15.9. The van der Waals surface area contributed by atoms with Crippen LogP contribution in [-0.4, -0.2) is 15.7 Å². The molecule has 114 valence electrons. The Balaban J connectivity index is 2.04. The highest BCUT2D eigenvalue weighted by Crippen LogP contribution is 2.42. The molecule has 1 aliphatic heterocycles. The van der Waals surface area contributed by atoms with Crippen LogP contribution in [0.1, 0.15) is 16.0 Å². The summed E-state index contributed by atoms with van der Waals surface area (Å²) >= 11 is 1.52. The molecule has 0 aliphatic carbocycles. The first kappa shape index (κ1) is 15.0. The van der Waals surface area contributed by atoms with Gasteiger partial charge in [-0.15, -0.1) is 11.3 Å². The number of anilines is 1. The van der Waals surface area contributed by atoms with Gasteiger partial charge in [0.15, 0.2) is 0 Å². The molecule has 22 heavy (non-hydrogen) atoms. The fourth-order valence-corrected chi connectivity index (χ4v) is 3.41. The third kappa shape index (κ3) is 2.98. The number of hydrogen-bond acceptors (Lipinski definition) is 4. The Kier molecular flexibility index (Phi) is 3.66. The molecule has 2 heterocycles. The van der Waals surface area contributed by atoms with E-state index in [0.717, 1.165) is 10.4 Å². The summed E-state index contributed by atoms with van der Waals surface area (Å²) in [5.41, 5.74) is 2.64. The van der Waals surface area contributed by atoms with Crippen LogP contribution in [0.2, 0.25) is 0 Å². The lowest BCUT2D eigenvalue weighted by Crippen LogP contribution is -2.03. The van der Waals surface area contributed by atoms with E-state index < -0.39 is 7.82 Å². The SMILES string of the molecule is Cc1ccsc1C=C1C(=O)Nc2ccc(OP(=O)(O)O)cc21. The van der Waals surface area contributed by atoms with Crippen LogP contribution >= 0.6 is 19.2 Å². The number of rotatable bonds is 3. The second-order valence-corrected chi connectivity index (χ2v) is 6.88. The Morgan fingerprint density at radius 2 is 2.09 bits per heavy atom. The number of benzene rings is 1. The van der Waals surface area contributed by atoms with Gasteiger partial charge in [0.2, 0.25) is 0 Å². The summed E-state index contributed by atoms with van der Waals surface area (Å²) in [6.45, 7) is 1.95. The molecule has 1 aliphatic rings. The van der Waals surface area contributed by atoms with Gasteiger partial charge in [-0.3, -0.25) is 14.6 Å². The van der Waals surface area contributed by atoms with E-state index in [2.05, 4.69) is 9.84 Å². The van der Waals surface area contributed by atoms with E-state index in [9.17, 15) is 9.36 Å². The number of carbonyl (C=O) groups is 1. The molecule has 0 saturated carbocycles. The quantitative estimate of drug-likeness (QED) is 0.591.